The standard InChI is InChI=1S/C15H20N2O4S/c1-21-15(18)10-5-4-6-11(9-10)16-14-12-7-2-3-8-13(12)22(19,20)17-14/h4-6,9,12-14,16-17H,2-3,7-8H2,1H3. The molecule has 1 aromatic rings. The Hall–Kier alpha value is -1.60. The third kappa shape index (κ3) is 2.83. The first kappa shape index (κ1) is 15.3. The smallest absolute Gasteiger partial charge is 0.337 e. The van der Waals surface area contributed by atoms with Crippen LogP contribution in [-0.2, 0) is 14.8 Å². The third-order valence-electron chi connectivity index (χ3n) is 4.48. The molecule has 3 atom stereocenters. The third-order valence-corrected chi connectivity index (χ3v) is 6.44. The van der Waals surface area contributed by atoms with Crippen molar-refractivity contribution in [2.24, 2.45) is 5.92 Å². The van der Waals surface area contributed by atoms with Crippen LogP contribution in [0.25, 0.3) is 0 Å². The van der Waals surface area contributed by atoms with Crippen LogP contribution >= 0.6 is 0 Å². The van der Waals surface area contributed by atoms with Crippen LogP contribution in [0.5, 0.6) is 0 Å². The average Bonchev–Trinajstić information content (AvgIpc) is 2.78. The highest BCUT2D eigenvalue weighted by Gasteiger charge is 2.47. The number of esters is 1. The molecule has 1 aliphatic heterocycles. The fourth-order valence-corrected chi connectivity index (χ4v) is 5.41. The van der Waals surface area contributed by atoms with Crippen LogP contribution < -0.4 is 10.0 Å². The Morgan fingerprint density at radius 3 is 2.86 bits per heavy atom. The van der Waals surface area contributed by atoms with Gasteiger partial charge in [-0.25, -0.2) is 13.2 Å². The van der Waals surface area contributed by atoms with Gasteiger partial charge in [0.25, 0.3) is 0 Å². The maximum atomic E-state index is 12.2. The van der Waals surface area contributed by atoms with E-state index in [0.29, 0.717) is 11.3 Å². The molecule has 6 nitrogen and oxygen atoms in total. The number of rotatable bonds is 3. The van der Waals surface area contributed by atoms with Gasteiger partial charge in [0.15, 0.2) is 0 Å². The van der Waals surface area contributed by atoms with Crippen molar-refractivity contribution in [1.29, 1.82) is 0 Å². The number of carbonyl (C=O) groups is 1. The van der Waals surface area contributed by atoms with Crippen molar-refractivity contribution in [3.05, 3.63) is 29.8 Å². The van der Waals surface area contributed by atoms with Gasteiger partial charge in [0.05, 0.1) is 24.1 Å². The molecule has 0 spiro atoms. The van der Waals surface area contributed by atoms with Crippen LogP contribution in [0.4, 0.5) is 5.69 Å². The first-order valence-corrected chi connectivity index (χ1v) is 9.02. The SMILES string of the molecule is COC(=O)c1cccc(NC2NS(=O)(=O)C3CCCCC23)c1. The minimum absolute atomic E-state index is 0.0699. The largest absolute Gasteiger partial charge is 0.465 e. The molecule has 3 rings (SSSR count). The zero-order valence-electron chi connectivity index (χ0n) is 12.4. The lowest BCUT2D eigenvalue weighted by Crippen LogP contribution is -2.37. The molecule has 2 fully saturated rings. The van der Waals surface area contributed by atoms with Gasteiger partial charge in [-0.15, -0.1) is 0 Å². The number of hydrogen-bond donors (Lipinski definition) is 2. The molecule has 1 saturated carbocycles. The molecule has 22 heavy (non-hydrogen) atoms. The highest BCUT2D eigenvalue weighted by molar-refractivity contribution is 7.90. The molecule has 3 unspecified atom stereocenters. The summed E-state index contributed by atoms with van der Waals surface area (Å²) in [6, 6.07) is 6.91. The summed E-state index contributed by atoms with van der Waals surface area (Å²) < 4.78 is 31.8. The number of anilines is 1. The van der Waals surface area contributed by atoms with E-state index in [0.717, 1.165) is 25.7 Å². The topological polar surface area (TPSA) is 84.5 Å². The van der Waals surface area contributed by atoms with Crippen LogP contribution in [-0.4, -0.2) is 32.9 Å². The first-order valence-electron chi connectivity index (χ1n) is 7.47. The number of nitrogens with one attached hydrogen (secondary N) is 2. The second-order valence-electron chi connectivity index (χ2n) is 5.84. The maximum Gasteiger partial charge on any atom is 0.337 e. The molecule has 2 N–H and O–H groups in total. The van der Waals surface area contributed by atoms with Gasteiger partial charge in [-0.05, 0) is 31.0 Å². The molecular weight excluding hydrogens is 304 g/mol. The van der Waals surface area contributed by atoms with E-state index in [4.69, 9.17) is 4.74 Å². The monoisotopic (exact) mass is 324 g/mol. The highest BCUT2D eigenvalue weighted by atomic mass is 32.2. The van der Waals surface area contributed by atoms with Crippen LogP contribution in [0.1, 0.15) is 36.0 Å². The number of benzene rings is 1. The van der Waals surface area contributed by atoms with Crippen LogP contribution in [0.2, 0.25) is 0 Å². The molecule has 1 heterocycles. The fraction of sp³-hybridized carbons (Fsp3) is 0.533. The summed E-state index contributed by atoms with van der Waals surface area (Å²) >= 11 is 0. The molecular formula is C15H20N2O4S. The van der Waals surface area contributed by atoms with Gasteiger partial charge in [0.2, 0.25) is 10.0 Å². The Kier molecular flexibility index (Phi) is 4.10. The van der Waals surface area contributed by atoms with Crippen LogP contribution in [0, 0.1) is 5.92 Å². The van der Waals surface area contributed by atoms with Crippen molar-refractivity contribution in [3.63, 3.8) is 0 Å². The summed E-state index contributed by atoms with van der Waals surface area (Å²) in [4.78, 5) is 11.6. The number of methoxy groups -OCH3 is 1. The molecule has 0 bridgehead atoms. The van der Waals surface area contributed by atoms with Crippen LogP contribution in [0.3, 0.4) is 0 Å². The van der Waals surface area contributed by atoms with Crippen LogP contribution in [0.15, 0.2) is 24.3 Å². The lowest BCUT2D eigenvalue weighted by atomic mass is 9.86. The van der Waals surface area contributed by atoms with E-state index in [-0.39, 0.29) is 17.3 Å². The maximum absolute atomic E-state index is 12.2. The van der Waals surface area contributed by atoms with Gasteiger partial charge in [-0.3, -0.25) is 0 Å². The lowest BCUT2D eigenvalue weighted by molar-refractivity contribution is 0.0600. The average molecular weight is 324 g/mol. The number of carbonyl (C=O) groups excluding carboxylic acids is 1. The zero-order valence-corrected chi connectivity index (χ0v) is 13.2. The van der Waals surface area contributed by atoms with Crippen molar-refractivity contribution >= 4 is 21.7 Å². The summed E-state index contributed by atoms with van der Waals surface area (Å²) in [5.41, 5.74) is 1.15. The van der Waals surface area contributed by atoms with E-state index in [9.17, 15) is 13.2 Å². The molecule has 0 aromatic heterocycles. The van der Waals surface area contributed by atoms with Gasteiger partial charge in [-0.1, -0.05) is 18.9 Å². The molecule has 0 amide bonds. The second-order valence-corrected chi connectivity index (χ2v) is 7.78. The molecule has 1 aliphatic carbocycles. The van der Waals surface area contributed by atoms with Crippen molar-refractivity contribution in [2.45, 2.75) is 37.1 Å². The van der Waals surface area contributed by atoms with Crippen molar-refractivity contribution in [2.75, 3.05) is 12.4 Å². The Morgan fingerprint density at radius 2 is 2.09 bits per heavy atom. The predicted molar refractivity (Wildman–Crippen MR) is 83.0 cm³/mol. The van der Waals surface area contributed by atoms with E-state index < -0.39 is 16.0 Å². The molecule has 0 radical (unpaired) electrons. The number of hydrogen-bond acceptors (Lipinski definition) is 5. The Morgan fingerprint density at radius 1 is 1.32 bits per heavy atom. The molecule has 2 aliphatic rings. The predicted octanol–water partition coefficient (Wildman–Crippen LogP) is 1.70. The van der Waals surface area contributed by atoms with E-state index in [1.807, 2.05) is 6.07 Å². The van der Waals surface area contributed by atoms with Gasteiger partial charge in [0, 0.05) is 11.6 Å². The van der Waals surface area contributed by atoms with Crippen molar-refractivity contribution in [1.82, 2.24) is 4.72 Å². The zero-order chi connectivity index (χ0) is 15.7. The van der Waals surface area contributed by atoms with Gasteiger partial charge in [-0.2, -0.15) is 4.72 Å². The number of ether oxygens (including phenoxy) is 1. The summed E-state index contributed by atoms with van der Waals surface area (Å²) in [7, 11) is -1.92. The Balaban J connectivity index is 1.80. The molecule has 120 valence electrons. The Bertz CT molecular complexity index is 674. The molecule has 1 saturated heterocycles. The Labute approximate surface area is 130 Å². The quantitative estimate of drug-likeness (QED) is 0.827. The number of fused-ring (bicyclic) bond motifs is 1. The minimum Gasteiger partial charge on any atom is -0.465 e. The van der Waals surface area contributed by atoms with Gasteiger partial charge < -0.3 is 10.1 Å². The highest BCUT2D eigenvalue weighted by Crippen LogP contribution is 2.36. The van der Waals surface area contributed by atoms with Gasteiger partial charge >= 0.3 is 5.97 Å². The minimum atomic E-state index is -3.25. The lowest BCUT2D eigenvalue weighted by Gasteiger charge is -2.27. The molecule has 7 heteroatoms. The van der Waals surface area contributed by atoms with E-state index in [1.54, 1.807) is 18.2 Å². The van der Waals surface area contributed by atoms with E-state index in [2.05, 4.69) is 10.0 Å². The summed E-state index contributed by atoms with van der Waals surface area (Å²) in [5.74, 6) is -0.341. The second kappa shape index (κ2) is 5.89. The summed E-state index contributed by atoms with van der Waals surface area (Å²) in [5, 5.41) is 2.91. The fourth-order valence-electron chi connectivity index (χ4n) is 3.41. The molecule has 1 aromatic carbocycles. The van der Waals surface area contributed by atoms with Gasteiger partial charge in [0.1, 0.15) is 0 Å². The van der Waals surface area contributed by atoms with Crippen molar-refractivity contribution < 1.29 is 17.9 Å². The summed E-state index contributed by atoms with van der Waals surface area (Å²) in [6.45, 7) is 0. The van der Waals surface area contributed by atoms with Crippen molar-refractivity contribution in [3.8, 4) is 0 Å². The first-order chi connectivity index (χ1) is 10.5. The van der Waals surface area contributed by atoms with E-state index >= 15 is 0 Å². The van der Waals surface area contributed by atoms with E-state index in [1.165, 1.54) is 7.11 Å². The summed E-state index contributed by atoms with van der Waals surface area (Å²) in [6.07, 6.45) is 3.32. The normalized spacial score (nSPS) is 29.6. The number of sulfonamides is 1.